The predicted molar refractivity (Wildman–Crippen MR) is 51.6 cm³/mol. The number of carboxylic acid groups (broad SMARTS) is 1. The smallest absolute Gasteiger partial charge is 0.331 e. The van der Waals surface area contributed by atoms with Crippen LogP contribution in [0.15, 0.2) is 35.5 Å². The first-order chi connectivity index (χ1) is 7.40. The highest BCUT2D eigenvalue weighted by Crippen LogP contribution is 2.23. The van der Waals surface area contributed by atoms with Gasteiger partial charge in [0, 0.05) is 5.57 Å². The minimum atomic E-state index is -1.26. The minimum Gasteiger partial charge on any atom is -0.478 e. The van der Waals surface area contributed by atoms with E-state index in [4.69, 9.17) is 5.11 Å². The average molecular weight is 225 g/mol. The van der Waals surface area contributed by atoms with E-state index in [2.05, 4.69) is 6.58 Å². The molecule has 0 unspecified atom stereocenters. The zero-order valence-corrected chi connectivity index (χ0v) is 8.36. The summed E-state index contributed by atoms with van der Waals surface area (Å²) in [6.45, 7) is 4.49. The topological polar surface area (TPSA) is 74.7 Å². The lowest BCUT2D eigenvalue weighted by Gasteiger charge is -1.98. The third kappa shape index (κ3) is 1.77. The molecule has 5 nitrogen and oxygen atoms in total. The second kappa shape index (κ2) is 4.09. The average Bonchev–Trinajstić information content (AvgIpc) is 2.43. The number of rotatable bonds is 3. The van der Waals surface area contributed by atoms with E-state index >= 15 is 0 Å². The molecule has 84 valence electrons. The highest BCUT2D eigenvalue weighted by Gasteiger charge is 2.36. The molecular formula is C10H8FNO4. The number of nitrogens with zero attached hydrogens (tertiary/aromatic N) is 1. The quantitative estimate of drug-likeness (QED) is 0.437. The van der Waals surface area contributed by atoms with Crippen LogP contribution in [0.5, 0.6) is 0 Å². The molecule has 1 N–H and O–H groups in total. The van der Waals surface area contributed by atoms with Crippen molar-refractivity contribution in [2.45, 2.75) is 6.92 Å². The van der Waals surface area contributed by atoms with Gasteiger partial charge in [-0.25, -0.2) is 4.79 Å². The fourth-order valence-corrected chi connectivity index (χ4v) is 1.15. The Bertz CT molecular complexity index is 461. The Morgan fingerprint density at radius 3 is 2.31 bits per heavy atom. The summed E-state index contributed by atoms with van der Waals surface area (Å²) in [6, 6.07) is 0. The van der Waals surface area contributed by atoms with Crippen LogP contribution in [-0.2, 0) is 14.4 Å². The number of aliphatic carboxylic acids is 1. The first-order valence-corrected chi connectivity index (χ1v) is 4.23. The molecule has 0 aromatic rings. The van der Waals surface area contributed by atoms with Gasteiger partial charge in [0.1, 0.15) is 0 Å². The summed E-state index contributed by atoms with van der Waals surface area (Å²) in [5.41, 5.74) is -0.721. The molecule has 0 saturated carbocycles. The van der Waals surface area contributed by atoms with E-state index in [1.54, 1.807) is 0 Å². The van der Waals surface area contributed by atoms with Crippen molar-refractivity contribution < 1.29 is 24.0 Å². The van der Waals surface area contributed by atoms with E-state index in [1.165, 1.54) is 6.92 Å². The van der Waals surface area contributed by atoms with Crippen molar-refractivity contribution >= 4 is 17.8 Å². The molecule has 2 amide bonds. The van der Waals surface area contributed by atoms with Crippen LogP contribution in [0.4, 0.5) is 4.48 Å². The van der Waals surface area contributed by atoms with Gasteiger partial charge in [-0.1, -0.05) is 17.1 Å². The normalized spacial score (nSPS) is 17.1. The minimum absolute atomic E-state index is 0.175. The van der Waals surface area contributed by atoms with Gasteiger partial charge >= 0.3 is 5.97 Å². The summed E-state index contributed by atoms with van der Waals surface area (Å²) >= 11 is 0. The summed E-state index contributed by atoms with van der Waals surface area (Å²) in [5.74, 6) is -3.57. The van der Waals surface area contributed by atoms with Gasteiger partial charge in [0.25, 0.3) is 11.8 Å². The zero-order chi connectivity index (χ0) is 12.5. The Labute approximate surface area is 90.1 Å². The summed E-state index contributed by atoms with van der Waals surface area (Å²) < 4.78 is 12.9. The van der Waals surface area contributed by atoms with E-state index in [9.17, 15) is 18.9 Å². The third-order valence-electron chi connectivity index (χ3n) is 2.01. The lowest BCUT2D eigenvalue weighted by atomic mass is 10.1. The van der Waals surface area contributed by atoms with Crippen molar-refractivity contribution in [2.24, 2.45) is 0 Å². The van der Waals surface area contributed by atoms with Gasteiger partial charge in [0.05, 0.1) is 11.1 Å². The molecule has 0 bridgehead atoms. The number of amides is 2. The predicted octanol–water partition coefficient (Wildman–Crippen LogP) is 0.753. The Kier molecular flexibility index (Phi) is 3.03. The summed E-state index contributed by atoms with van der Waals surface area (Å²) in [5, 5.41) is 8.03. The van der Waals surface area contributed by atoms with Crippen LogP contribution in [0.25, 0.3) is 0 Å². The van der Waals surface area contributed by atoms with Crippen LogP contribution in [0.1, 0.15) is 6.92 Å². The van der Waals surface area contributed by atoms with E-state index in [0.29, 0.717) is 0 Å². The molecule has 1 aliphatic rings. The van der Waals surface area contributed by atoms with Gasteiger partial charge in [-0.3, -0.25) is 9.59 Å². The molecule has 0 atom stereocenters. The Balaban J connectivity index is 3.29. The largest absolute Gasteiger partial charge is 0.478 e. The second-order valence-electron chi connectivity index (χ2n) is 3.06. The fraction of sp³-hybridized carbons (Fsp3) is 0.100. The second-order valence-corrected chi connectivity index (χ2v) is 3.06. The summed E-state index contributed by atoms with van der Waals surface area (Å²) in [7, 11) is 0. The van der Waals surface area contributed by atoms with Crippen LogP contribution in [0.2, 0.25) is 0 Å². The molecule has 16 heavy (non-hydrogen) atoms. The van der Waals surface area contributed by atoms with Crippen LogP contribution in [-0.4, -0.2) is 28.0 Å². The van der Waals surface area contributed by atoms with Crippen molar-refractivity contribution in [1.29, 1.82) is 0 Å². The first-order valence-electron chi connectivity index (χ1n) is 4.23. The number of hydrogen-bond donors (Lipinski definition) is 1. The van der Waals surface area contributed by atoms with E-state index in [-0.39, 0.29) is 16.7 Å². The van der Waals surface area contributed by atoms with E-state index in [0.717, 1.165) is 12.2 Å². The van der Waals surface area contributed by atoms with Crippen molar-refractivity contribution in [3.8, 4) is 0 Å². The number of halogens is 1. The lowest BCUT2D eigenvalue weighted by molar-refractivity contribution is -0.153. The number of hydrogen-bond acceptors (Lipinski definition) is 3. The maximum atomic E-state index is 12.9. The summed E-state index contributed by atoms with van der Waals surface area (Å²) in [6.07, 6.45) is 1.96. The summed E-state index contributed by atoms with van der Waals surface area (Å²) in [4.78, 5) is 32.9. The highest BCUT2D eigenvalue weighted by molar-refractivity contribution is 6.21. The van der Waals surface area contributed by atoms with Crippen LogP contribution in [0, 0.1) is 0 Å². The Hall–Kier alpha value is -2.24. The standard InChI is InChI=1S/C10H8FNO4/c1-3-6-7(4-5(2)10(15)16)9(14)12(11)8(6)13/h3-4H,1H2,2H3,(H,15,16)/b5-4+. The molecule has 0 fully saturated rings. The molecule has 1 heterocycles. The first kappa shape index (κ1) is 11.8. The molecule has 1 aliphatic heterocycles. The van der Waals surface area contributed by atoms with Gasteiger partial charge in [0.15, 0.2) is 0 Å². The molecule has 0 saturated heterocycles. The van der Waals surface area contributed by atoms with Gasteiger partial charge in [-0.2, -0.15) is 0 Å². The van der Waals surface area contributed by atoms with Crippen LogP contribution < -0.4 is 0 Å². The van der Waals surface area contributed by atoms with Crippen molar-refractivity contribution in [1.82, 2.24) is 5.12 Å². The Morgan fingerprint density at radius 2 is 1.88 bits per heavy atom. The van der Waals surface area contributed by atoms with Crippen LogP contribution >= 0.6 is 0 Å². The number of carboxylic acids is 1. The molecule has 0 aliphatic carbocycles. The maximum Gasteiger partial charge on any atom is 0.331 e. The number of carbonyl (C=O) groups is 3. The van der Waals surface area contributed by atoms with Crippen LogP contribution in [0.3, 0.4) is 0 Å². The van der Waals surface area contributed by atoms with Gasteiger partial charge in [-0.05, 0) is 13.0 Å². The maximum absolute atomic E-state index is 12.9. The molecular weight excluding hydrogens is 217 g/mol. The van der Waals surface area contributed by atoms with E-state index in [1.807, 2.05) is 0 Å². The Morgan fingerprint density at radius 1 is 1.38 bits per heavy atom. The lowest BCUT2D eigenvalue weighted by Crippen LogP contribution is -2.22. The van der Waals surface area contributed by atoms with Crippen molar-refractivity contribution in [3.63, 3.8) is 0 Å². The molecule has 0 radical (unpaired) electrons. The van der Waals surface area contributed by atoms with Gasteiger partial charge in [-0.15, -0.1) is 5.12 Å². The van der Waals surface area contributed by atoms with Gasteiger partial charge < -0.3 is 5.11 Å². The molecule has 6 heteroatoms. The zero-order valence-electron chi connectivity index (χ0n) is 8.36. The molecule has 1 rings (SSSR count). The fourth-order valence-electron chi connectivity index (χ4n) is 1.15. The number of imide groups is 1. The van der Waals surface area contributed by atoms with Crippen molar-refractivity contribution in [2.75, 3.05) is 0 Å². The SMILES string of the molecule is C=CC1=C(/C=C(\C)C(=O)O)C(=O)N(F)C1=O. The molecule has 0 aromatic heterocycles. The number of carbonyl (C=O) groups excluding carboxylic acids is 2. The highest BCUT2D eigenvalue weighted by atomic mass is 19.2. The molecule has 0 aromatic carbocycles. The van der Waals surface area contributed by atoms with Crippen molar-refractivity contribution in [3.05, 3.63) is 35.5 Å². The molecule has 0 spiro atoms. The van der Waals surface area contributed by atoms with E-state index < -0.39 is 22.9 Å². The monoisotopic (exact) mass is 225 g/mol. The van der Waals surface area contributed by atoms with Gasteiger partial charge in [0.2, 0.25) is 0 Å². The third-order valence-corrected chi connectivity index (χ3v) is 2.01.